The molecule has 7 rings (SSSR count). The monoisotopic (exact) mass is 939 g/mol. The predicted molar refractivity (Wildman–Crippen MR) is 235 cm³/mol. The van der Waals surface area contributed by atoms with Crippen molar-refractivity contribution < 1.29 is 84.3 Å². The maximum atomic E-state index is 12.0. The summed E-state index contributed by atoms with van der Waals surface area (Å²) in [6.45, 7) is 24.9. The van der Waals surface area contributed by atoms with Gasteiger partial charge < -0.3 is 79.5 Å². The molecule has 0 aromatic rings. The molecule has 0 bridgehead atoms. The van der Waals surface area contributed by atoms with Gasteiger partial charge in [0.1, 0.15) is 67.1 Å². The molecule has 0 aromatic heterocycles. The van der Waals surface area contributed by atoms with Gasteiger partial charge in [-0.25, -0.2) is 0 Å². The van der Waals surface area contributed by atoms with Crippen LogP contribution >= 0.6 is 0 Å². The van der Waals surface area contributed by atoms with Crippen molar-refractivity contribution >= 4 is 5.97 Å². The van der Waals surface area contributed by atoms with Gasteiger partial charge in [0.05, 0.1) is 25.1 Å². The summed E-state index contributed by atoms with van der Waals surface area (Å²) in [4.78, 5) is 12.0. The Morgan fingerprint density at radius 1 is 0.682 bits per heavy atom. The minimum Gasteiger partial charge on any atom is -0.481 e. The number of fused-ring (bicyclic) bond motifs is 5. The van der Waals surface area contributed by atoms with Gasteiger partial charge in [0.15, 0.2) is 12.6 Å². The third-order valence-corrected chi connectivity index (χ3v) is 18.6. The van der Waals surface area contributed by atoms with Crippen LogP contribution in [0.5, 0.6) is 0 Å². The molecule has 7 aliphatic rings. The van der Waals surface area contributed by atoms with Crippen LogP contribution in [0, 0.1) is 51.2 Å². The van der Waals surface area contributed by atoms with Crippen LogP contribution in [0.25, 0.3) is 0 Å². The number of aliphatic carboxylic acids is 1. The molecule has 5 unspecified atom stereocenters. The number of hydrogen-bond acceptors (Lipinski definition) is 16. The molecule has 3 aliphatic heterocycles. The first-order valence-electron chi connectivity index (χ1n) is 24.1. The number of carboxylic acid groups (broad SMARTS) is 1. The summed E-state index contributed by atoms with van der Waals surface area (Å²) < 4.78 is 35.4. The lowest BCUT2D eigenvalue weighted by Crippen LogP contribution is -2.65. The van der Waals surface area contributed by atoms with E-state index in [0.717, 1.165) is 62.5 Å². The Bertz CT molecular complexity index is 1790. The van der Waals surface area contributed by atoms with Crippen molar-refractivity contribution in [3.05, 3.63) is 36.6 Å². The van der Waals surface area contributed by atoms with Gasteiger partial charge in [-0.3, -0.25) is 4.79 Å². The summed E-state index contributed by atoms with van der Waals surface area (Å²) in [6, 6.07) is 0. The lowest BCUT2D eigenvalue weighted by molar-refractivity contribution is -0.362. The first kappa shape index (κ1) is 51.8. The van der Waals surface area contributed by atoms with Crippen LogP contribution in [-0.2, 0) is 33.2 Å². The molecule has 24 atom stereocenters. The molecule has 17 heteroatoms. The van der Waals surface area contributed by atoms with Gasteiger partial charge in [-0.1, -0.05) is 51.7 Å². The quantitative estimate of drug-likeness (QED) is 0.0884. The predicted octanol–water partition coefficient (Wildman–Crippen LogP) is 2.27. The maximum absolute atomic E-state index is 12.0. The number of hydrogen-bond donors (Lipinski definition) is 10. The second kappa shape index (κ2) is 19.3. The fourth-order valence-corrected chi connectivity index (χ4v) is 14.8. The highest BCUT2D eigenvalue weighted by Gasteiger charge is 2.70. The first-order chi connectivity index (χ1) is 30.9. The van der Waals surface area contributed by atoms with Gasteiger partial charge in [0.25, 0.3) is 0 Å². The van der Waals surface area contributed by atoms with E-state index in [1.165, 1.54) is 6.92 Å². The van der Waals surface area contributed by atoms with Crippen LogP contribution in [-0.4, -0.2) is 162 Å². The Balaban J connectivity index is 1.06. The standard InChI is InChI=1S/C49H78O17/c1-22(2)26-12-17-49(19-18-47(8)28(33(26)49)10-11-31-46(7,15-14-32(51)52)27(23(3)4)13-16-48(31,47)9)25(6)63-45-40(59)37(56)35(54)30(65-45)21-61-43-41(60)38(57)42(29(20-50)64-43)66-44-39(58)36(55)34(53)24(5)62-44/h24,26-31,33-45,50,53-60H,1,3,6,10-21H2,2,4-5,7-9H3,(H,51,52)/t24-,26?,27-,28?,29+,30+,31?,33?,34-,35+,36+,37-,38+,39+,40+,41+,42+,43+,44-,45+,46-,47+,48+,49?/m0/s1. The third kappa shape index (κ3) is 8.56. The molecule has 0 spiro atoms. The Morgan fingerprint density at radius 3 is 1.95 bits per heavy atom. The van der Waals surface area contributed by atoms with Crippen molar-refractivity contribution in [3.63, 3.8) is 0 Å². The smallest absolute Gasteiger partial charge is 0.303 e. The number of carboxylic acids is 1. The zero-order valence-corrected chi connectivity index (χ0v) is 39.5. The molecular formula is C49H78O17. The Labute approximate surface area is 388 Å². The molecule has 0 aromatic carbocycles. The first-order valence-corrected chi connectivity index (χ1v) is 24.1. The summed E-state index contributed by atoms with van der Waals surface area (Å²) in [5.41, 5.74) is 1.26. The summed E-state index contributed by atoms with van der Waals surface area (Å²) in [6.07, 6.45) is -15.5. The van der Waals surface area contributed by atoms with Crippen LogP contribution in [0.15, 0.2) is 36.6 Å². The number of ether oxygens (including phenoxy) is 6. The zero-order chi connectivity index (χ0) is 48.6. The fourth-order valence-electron chi connectivity index (χ4n) is 14.8. The van der Waals surface area contributed by atoms with E-state index in [9.17, 15) is 55.9 Å². The van der Waals surface area contributed by atoms with Crippen molar-refractivity contribution in [2.45, 2.75) is 198 Å². The minimum absolute atomic E-state index is 0.0856. The average molecular weight is 939 g/mol. The number of aliphatic hydroxyl groups is 9. The van der Waals surface area contributed by atoms with Gasteiger partial charge in [0, 0.05) is 11.8 Å². The Kier molecular flexibility index (Phi) is 15.1. The lowest BCUT2D eigenvalue weighted by Gasteiger charge is -2.71. The number of rotatable bonds is 14. The van der Waals surface area contributed by atoms with Crippen LogP contribution in [0.2, 0.25) is 0 Å². The molecule has 4 aliphatic carbocycles. The van der Waals surface area contributed by atoms with Crippen molar-refractivity contribution in [2.24, 2.45) is 51.2 Å². The van der Waals surface area contributed by atoms with E-state index in [2.05, 4.69) is 54.4 Å². The highest BCUT2D eigenvalue weighted by molar-refractivity contribution is 5.66. The molecular weight excluding hydrogens is 861 g/mol. The summed E-state index contributed by atoms with van der Waals surface area (Å²) in [7, 11) is 0. The van der Waals surface area contributed by atoms with Crippen molar-refractivity contribution in [2.75, 3.05) is 13.2 Å². The Morgan fingerprint density at radius 2 is 1.32 bits per heavy atom. The largest absolute Gasteiger partial charge is 0.481 e. The van der Waals surface area contributed by atoms with Gasteiger partial charge >= 0.3 is 5.97 Å². The zero-order valence-electron chi connectivity index (χ0n) is 39.5. The molecule has 3 saturated heterocycles. The van der Waals surface area contributed by atoms with Crippen molar-refractivity contribution in [1.82, 2.24) is 0 Å². The van der Waals surface area contributed by atoms with Crippen LogP contribution in [0.4, 0.5) is 0 Å². The highest BCUT2D eigenvalue weighted by Crippen LogP contribution is 2.77. The van der Waals surface area contributed by atoms with E-state index >= 15 is 0 Å². The summed E-state index contributed by atoms with van der Waals surface area (Å²) >= 11 is 0. The van der Waals surface area contributed by atoms with Crippen LogP contribution in [0.3, 0.4) is 0 Å². The Hall–Kier alpha value is -2.07. The summed E-state index contributed by atoms with van der Waals surface area (Å²) in [5, 5.41) is 107. The highest BCUT2D eigenvalue weighted by atomic mass is 16.8. The number of aliphatic hydroxyl groups excluding tert-OH is 9. The normalized spacial score (nSPS) is 51.5. The topological polar surface area (TPSA) is 275 Å². The van der Waals surface area contributed by atoms with E-state index in [0.29, 0.717) is 18.1 Å². The molecule has 0 amide bonds. The van der Waals surface area contributed by atoms with E-state index < -0.39 is 117 Å². The molecule has 66 heavy (non-hydrogen) atoms. The molecule has 10 N–H and O–H groups in total. The molecule has 7 fully saturated rings. The van der Waals surface area contributed by atoms with Crippen molar-refractivity contribution in [3.8, 4) is 0 Å². The SMILES string of the molecule is C=C(C)C1CCC2(C(=C)O[C@@H]3O[C@H](CO[C@@H]4O[C@H](CO)[C@@H](O[C@@H]5O[C@@H](C)[C@H](O)[C@@H](O)[C@H]5O)[C@H](O)[C@H]4O)[C@@H](O)[C@H](O)[C@H]3O)CC[C@]3(C)C(CCC4[C@@](C)(CCC(=O)O)[C@H](C(=C)C)CC[C@]43C)C12. The molecule has 3 heterocycles. The van der Waals surface area contributed by atoms with E-state index in [1.54, 1.807) is 0 Å². The molecule has 4 saturated carbocycles. The maximum Gasteiger partial charge on any atom is 0.303 e. The van der Waals surface area contributed by atoms with Crippen LogP contribution < -0.4 is 0 Å². The number of allylic oxidation sites excluding steroid dienone is 3. The number of carbonyl (C=O) groups is 1. The van der Waals surface area contributed by atoms with E-state index in [4.69, 9.17) is 28.4 Å². The van der Waals surface area contributed by atoms with Crippen molar-refractivity contribution in [1.29, 1.82) is 0 Å². The second-order valence-corrected chi connectivity index (χ2v) is 22.0. The van der Waals surface area contributed by atoms with Gasteiger partial charge in [-0.15, -0.1) is 0 Å². The molecule has 17 nitrogen and oxygen atoms in total. The lowest BCUT2D eigenvalue weighted by atomic mass is 9.34. The second-order valence-electron chi connectivity index (χ2n) is 22.0. The van der Waals surface area contributed by atoms with E-state index in [1.807, 2.05) is 0 Å². The molecule has 0 radical (unpaired) electrons. The van der Waals surface area contributed by atoms with Gasteiger partial charge in [-0.2, -0.15) is 0 Å². The van der Waals surface area contributed by atoms with Gasteiger partial charge in [-0.05, 0) is 124 Å². The van der Waals surface area contributed by atoms with Crippen LogP contribution in [0.1, 0.15) is 106 Å². The molecule has 376 valence electrons. The van der Waals surface area contributed by atoms with E-state index in [-0.39, 0.29) is 46.3 Å². The minimum atomic E-state index is -1.82. The third-order valence-electron chi connectivity index (χ3n) is 18.6. The summed E-state index contributed by atoms with van der Waals surface area (Å²) in [5.74, 6) is 0.677. The fraction of sp³-hybridized carbons (Fsp3) is 0.857. The average Bonchev–Trinajstić information content (AvgIpc) is 3.67. The van der Waals surface area contributed by atoms with Gasteiger partial charge in [0.2, 0.25) is 6.29 Å².